The number of hydrogen-bond acceptors (Lipinski definition) is 11. The fourth-order valence-corrected chi connectivity index (χ4v) is 6.28. The van der Waals surface area contributed by atoms with Gasteiger partial charge in [-0.2, -0.15) is 0 Å². The topological polar surface area (TPSA) is 223 Å². The summed E-state index contributed by atoms with van der Waals surface area (Å²) in [6.07, 6.45) is -4.04. The highest BCUT2D eigenvalue weighted by Crippen LogP contribution is 2.56. The second-order valence-electron chi connectivity index (χ2n) is 12.6. The van der Waals surface area contributed by atoms with Gasteiger partial charge in [0, 0.05) is 25.3 Å². The van der Waals surface area contributed by atoms with Crippen LogP contribution in [0.25, 0.3) is 0 Å². The van der Waals surface area contributed by atoms with Gasteiger partial charge in [0.2, 0.25) is 23.1 Å². The molecule has 2 saturated heterocycles. The standard InChI is InChI=1S/C35H44O14/c1-7-19(2)17-20(3)13-14-25(37)47-28-27(38)33(48-29(30(39)40)34(45,31(41)42)35(28,49-33)32(43)44)16-15-21(4)26(46-23(6)36)22(5)18-24-11-9-8-10-12-24/h8-14,17,19,22,26-29,38,45H,4,7,15-16,18H2,1-3,5-6H3,(H,39,40)(H,41,42)(H,43,44)/b14-13+,20-17+/t19-,22+,26+,27+,28+,29+,33-,34+,35-/m0/s1. The lowest BCUT2D eigenvalue weighted by molar-refractivity contribution is -0.374. The van der Waals surface area contributed by atoms with Gasteiger partial charge in [0.15, 0.2) is 6.10 Å². The molecule has 49 heavy (non-hydrogen) atoms. The predicted octanol–water partition coefficient (Wildman–Crippen LogP) is 2.80. The molecule has 3 rings (SSSR count). The second kappa shape index (κ2) is 15.5. The van der Waals surface area contributed by atoms with E-state index in [1.54, 1.807) is 13.8 Å². The Balaban J connectivity index is 2.04. The number of carbonyl (C=O) groups is 5. The number of carboxylic acids is 3. The van der Waals surface area contributed by atoms with Crippen molar-refractivity contribution >= 4 is 29.8 Å². The van der Waals surface area contributed by atoms with Gasteiger partial charge in [-0.05, 0) is 36.8 Å². The fraction of sp³-hybridized carbons (Fsp3) is 0.514. The molecule has 0 radical (unpaired) electrons. The Bertz CT molecular complexity index is 1500. The quantitative estimate of drug-likeness (QED) is 0.0729. The van der Waals surface area contributed by atoms with Crippen molar-refractivity contribution in [3.8, 4) is 0 Å². The Morgan fingerprint density at radius 3 is 2.18 bits per heavy atom. The molecule has 14 heteroatoms. The van der Waals surface area contributed by atoms with E-state index in [2.05, 4.69) is 6.58 Å². The third kappa shape index (κ3) is 7.77. The molecule has 1 aromatic rings. The third-order valence-corrected chi connectivity index (χ3v) is 8.93. The molecule has 2 aliphatic rings. The number of carbonyl (C=O) groups excluding carboxylic acids is 2. The van der Waals surface area contributed by atoms with Gasteiger partial charge in [-0.25, -0.2) is 19.2 Å². The monoisotopic (exact) mass is 688 g/mol. The van der Waals surface area contributed by atoms with Gasteiger partial charge in [0.05, 0.1) is 0 Å². The molecule has 2 heterocycles. The Morgan fingerprint density at radius 2 is 1.65 bits per heavy atom. The molecule has 5 N–H and O–H groups in total. The zero-order valence-electron chi connectivity index (χ0n) is 28.0. The number of aliphatic carboxylic acids is 3. The first-order chi connectivity index (χ1) is 22.9. The van der Waals surface area contributed by atoms with Crippen molar-refractivity contribution < 1.29 is 68.5 Å². The number of aliphatic hydroxyl groups is 2. The lowest BCUT2D eigenvalue weighted by Gasteiger charge is -2.48. The number of carboxylic acid groups (broad SMARTS) is 3. The summed E-state index contributed by atoms with van der Waals surface area (Å²) in [6, 6.07) is 9.27. The molecule has 0 amide bonds. The SMILES string of the molecule is C=C(CC[C@]12O[C@H](C(=O)O)[C@@](O)(C(=O)O)[C@](C(=O)O)(O1)[C@H](OC(=O)/C=C/C(C)=C/[C@@H](C)CC)[C@H]2O)[C@@H](OC(C)=O)[C@H](C)Cc1ccccc1. The minimum Gasteiger partial charge on any atom is -0.479 e. The van der Waals surface area contributed by atoms with Gasteiger partial charge >= 0.3 is 29.8 Å². The smallest absolute Gasteiger partial charge is 0.344 e. The number of fused-ring (bicyclic) bond motifs is 2. The van der Waals surface area contributed by atoms with E-state index in [9.17, 15) is 49.5 Å². The maximum Gasteiger partial charge on any atom is 0.344 e. The van der Waals surface area contributed by atoms with E-state index in [4.69, 9.17) is 18.9 Å². The fourth-order valence-electron chi connectivity index (χ4n) is 6.28. The van der Waals surface area contributed by atoms with E-state index < -0.39 is 77.7 Å². The Kier molecular flexibility index (Phi) is 12.3. The van der Waals surface area contributed by atoms with E-state index in [1.165, 1.54) is 13.0 Å². The van der Waals surface area contributed by atoms with Crippen LogP contribution >= 0.6 is 0 Å². The maximum absolute atomic E-state index is 13.0. The minimum absolute atomic E-state index is 0.160. The van der Waals surface area contributed by atoms with Crippen molar-refractivity contribution in [2.75, 3.05) is 0 Å². The van der Waals surface area contributed by atoms with Gasteiger partial charge in [-0.1, -0.05) is 81.8 Å². The Labute approximate surface area is 283 Å². The van der Waals surface area contributed by atoms with Crippen molar-refractivity contribution in [2.45, 2.75) is 102 Å². The van der Waals surface area contributed by atoms with Crippen LogP contribution in [-0.2, 0) is 49.3 Å². The molecule has 2 bridgehead atoms. The van der Waals surface area contributed by atoms with Gasteiger partial charge in [0.1, 0.15) is 12.2 Å². The summed E-state index contributed by atoms with van der Waals surface area (Å²) < 4.78 is 22.0. The number of esters is 2. The van der Waals surface area contributed by atoms with Crippen LogP contribution in [0.4, 0.5) is 0 Å². The minimum atomic E-state index is -3.91. The van der Waals surface area contributed by atoms with Crippen molar-refractivity contribution in [1.29, 1.82) is 0 Å². The van der Waals surface area contributed by atoms with Gasteiger partial charge < -0.3 is 44.5 Å². The van der Waals surface area contributed by atoms with Crippen LogP contribution in [0.1, 0.15) is 59.4 Å². The van der Waals surface area contributed by atoms with E-state index in [-0.39, 0.29) is 23.8 Å². The van der Waals surface area contributed by atoms with E-state index in [0.717, 1.165) is 18.1 Å². The normalized spacial score (nSPS) is 29.9. The summed E-state index contributed by atoms with van der Waals surface area (Å²) >= 11 is 0. The van der Waals surface area contributed by atoms with Gasteiger partial charge in [0.25, 0.3) is 0 Å². The summed E-state index contributed by atoms with van der Waals surface area (Å²) in [6.45, 7) is 12.6. The number of rotatable bonds is 16. The first kappa shape index (κ1) is 39.1. The van der Waals surface area contributed by atoms with Crippen LogP contribution in [0.2, 0.25) is 0 Å². The number of allylic oxidation sites excluding steroid dienone is 3. The lowest BCUT2D eigenvalue weighted by atomic mass is 9.74. The van der Waals surface area contributed by atoms with E-state index in [1.807, 2.05) is 50.3 Å². The number of aliphatic hydroxyl groups excluding tert-OH is 1. The van der Waals surface area contributed by atoms with Crippen LogP contribution in [0, 0.1) is 11.8 Å². The number of hydrogen-bond donors (Lipinski definition) is 5. The molecule has 0 spiro atoms. The molecule has 0 aromatic heterocycles. The summed E-state index contributed by atoms with van der Waals surface area (Å²) in [4.78, 5) is 62.9. The van der Waals surface area contributed by atoms with Gasteiger partial charge in [-0.15, -0.1) is 0 Å². The molecule has 14 nitrogen and oxygen atoms in total. The largest absolute Gasteiger partial charge is 0.479 e. The lowest BCUT2D eigenvalue weighted by Crippen LogP contribution is -2.78. The van der Waals surface area contributed by atoms with Crippen LogP contribution in [0.15, 0.2) is 66.3 Å². The number of ether oxygens (including phenoxy) is 4. The zero-order valence-corrected chi connectivity index (χ0v) is 28.0. The van der Waals surface area contributed by atoms with Crippen molar-refractivity contribution in [3.63, 3.8) is 0 Å². The molecular formula is C35H44O14. The van der Waals surface area contributed by atoms with Crippen LogP contribution in [-0.4, -0.2) is 96.8 Å². The molecule has 2 aliphatic heterocycles. The van der Waals surface area contributed by atoms with Crippen molar-refractivity contribution in [1.82, 2.24) is 0 Å². The second-order valence-corrected chi connectivity index (χ2v) is 12.6. The molecule has 1 aromatic carbocycles. The molecule has 268 valence electrons. The van der Waals surface area contributed by atoms with Crippen LogP contribution in [0.3, 0.4) is 0 Å². The molecule has 2 fully saturated rings. The molecule has 0 unspecified atom stereocenters. The van der Waals surface area contributed by atoms with Crippen molar-refractivity contribution in [2.24, 2.45) is 11.8 Å². The van der Waals surface area contributed by atoms with Gasteiger partial charge in [-0.3, -0.25) is 4.79 Å². The highest BCUT2D eigenvalue weighted by molar-refractivity contribution is 5.98. The summed E-state index contributed by atoms with van der Waals surface area (Å²) in [5.74, 6) is -11.4. The zero-order chi connectivity index (χ0) is 36.9. The maximum atomic E-state index is 13.0. The third-order valence-electron chi connectivity index (χ3n) is 8.93. The first-order valence-corrected chi connectivity index (χ1v) is 15.8. The van der Waals surface area contributed by atoms with Crippen molar-refractivity contribution in [3.05, 3.63) is 71.8 Å². The van der Waals surface area contributed by atoms with E-state index >= 15 is 0 Å². The molecule has 0 aliphatic carbocycles. The Morgan fingerprint density at radius 1 is 1.02 bits per heavy atom. The highest BCUT2D eigenvalue weighted by Gasteiger charge is 2.85. The van der Waals surface area contributed by atoms with Crippen LogP contribution in [0.5, 0.6) is 0 Å². The first-order valence-electron chi connectivity index (χ1n) is 15.8. The average molecular weight is 689 g/mol. The summed E-state index contributed by atoms with van der Waals surface area (Å²) in [5, 5.41) is 53.5. The molecular weight excluding hydrogens is 644 g/mol. The highest BCUT2D eigenvalue weighted by atomic mass is 16.8. The molecule has 0 saturated carbocycles. The summed E-state index contributed by atoms with van der Waals surface area (Å²) in [7, 11) is 0. The Hall–Kier alpha value is -4.37. The number of benzene rings is 1. The average Bonchev–Trinajstić information content (AvgIpc) is 3.25. The van der Waals surface area contributed by atoms with Crippen LogP contribution < -0.4 is 0 Å². The summed E-state index contributed by atoms with van der Waals surface area (Å²) in [5.41, 5.74) is -5.67. The van der Waals surface area contributed by atoms with E-state index in [0.29, 0.717) is 12.0 Å². The molecule has 9 atom stereocenters. The predicted molar refractivity (Wildman–Crippen MR) is 171 cm³/mol.